The monoisotopic (exact) mass is 274 g/mol. The van der Waals surface area contributed by atoms with Crippen LogP contribution in [0.3, 0.4) is 0 Å². The maximum Gasteiger partial charge on any atom is 0.176 e. The highest BCUT2D eigenvalue weighted by atomic mass is 79.9. The van der Waals surface area contributed by atoms with Crippen LogP contribution in [0.1, 0.15) is 6.92 Å². The quantitative estimate of drug-likeness (QED) is 0.437. The van der Waals surface area contributed by atoms with Gasteiger partial charge in [-0.15, -0.1) is 0 Å². The maximum atomic E-state index is 5.80. The number of nitrogens with zero attached hydrogens (tertiary/aromatic N) is 2. The lowest BCUT2D eigenvalue weighted by atomic mass is 10.6. The van der Waals surface area contributed by atoms with Crippen molar-refractivity contribution in [2.75, 3.05) is 7.11 Å². The Bertz CT molecular complexity index is 202. The first kappa shape index (κ1) is 10.4. The topological polar surface area (TPSA) is 15.7 Å². The second-order valence-electron chi connectivity index (χ2n) is 2.36. The molecule has 0 radical (unpaired) electrons. The molecule has 2 atom stereocenters. The minimum absolute atomic E-state index is 0.0631. The minimum atomic E-state index is -0.151. The van der Waals surface area contributed by atoms with E-state index in [-0.39, 0.29) is 11.3 Å². The van der Waals surface area contributed by atoms with E-state index >= 15 is 0 Å². The van der Waals surface area contributed by atoms with Crippen LogP contribution in [0.4, 0.5) is 0 Å². The first-order valence-corrected chi connectivity index (χ1v) is 4.97. The van der Waals surface area contributed by atoms with Gasteiger partial charge in [-0.05, 0) is 22.9 Å². The van der Waals surface area contributed by atoms with Crippen molar-refractivity contribution in [2.45, 2.75) is 18.2 Å². The van der Waals surface area contributed by atoms with Gasteiger partial charge in [0.05, 0.1) is 0 Å². The molecule has 3 nitrogen and oxygen atoms in total. The standard InChI is InChI=1S/C6H9BrCl2N2O/c1-4(12-2)10-3-5(8)11(9)6(10)7/h3-4,6H,1-2H3. The first-order valence-electron chi connectivity index (χ1n) is 3.34. The molecule has 0 aromatic rings. The summed E-state index contributed by atoms with van der Waals surface area (Å²) >= 11 is 14.9. The zero-order valence-corrected chi connectivity index (χ0v) is 9.77. The summed E-state index contributed by atoms with van der Waals surface area (Å²) in [4.78, 5) is 1.86. The number of hydrogen-bond donors (Lipinski definition) is 0. The molecule has 0 N–H and O–H groups in total. The van der Waals surface area contributed by atoms with Crippen molar-refractivity contribution in [3.63, 3.8) is 0 Å². The Morgan fingerprint density at radius 3 is 2.67 bits per heavy atom. The van der Waals surface area contributed by atoms with E-state index < -0.39 is 0 Å². The van der Waals surface area contributed by atoms with Crippen LogP contribution in [0.25, 0.3) is 0 Å². The highest BCUT2D eigenvalue weighted by molar-refractivity contribution is 9.09. The Labute approximate surface area is 90.1 Å². The number of alkyl halides is 1. The first-order chi connectivity index (χ1) is 5.57. The summed E-state index contributed by atoms with van der Waals surface area (Å²) in [5, 5.41) is 0.323. The van der Waals surface area contributed by atoms with Gasteiger partial charge in [0.15, 0.2) is 5.08 Å². The smallest absolute Gasteiger partial charge is 0.176 e. The fourth-order valence-electron chi connectivity index (χ4n) is 0.858. The summed E-state index contributed by atoms with van der Waals surface area (Å²) < 4.78 is 6.49. The molecule has 70 valence electrons. The highest BCUT2D eigenvalue weighted by Gasteiger charge is 2.31. The molecule has 0 fully saturated rings. The molecule has 0 aliphatic carbocycles. The van der Waals surface area contributed by atoms with E-state index in [2.05, 4.69) is 15.9 Å². The van der Waals surface area contributed by atoms with Crippen LogP contribution in [-0.2, 0) is 4.74 Å². The van der Waals surface area contributed by atoms with Crippen LogP contribution < -0.4 is 0 Å². The zero-order chi connectivity index (χ0) is 9.30. The number of halogens is 3. The van der Waals surface area contributed by atoms with Crippen molar-refractivity contribution >= 4 is 39.3 Å². The van der Waals surface area contributed by atoms with Gasteiger partial charge in [-0.1, -0.05) is 11.6 Å². The second-order valence-corrected chi connectivity index (χ2v) is 3.93. The Kier molecular flexibility index (Phi) is 3.52. The molecule has 0 saturated heterocycles. The third-order valence-corrected chi connectivity index (χ3v) is 3.51. The van der Waals surface area contributed by atoms with E-state index in [9.17, 15) is 0 Å². The van der Waals surface area contributed by atoms with Gasteiger partial charge in [-0.3, -0.25) is 0 Å². The third kappa shape index (κ3) is 1.82. The highest BCUT2D eigenvalue weighted by Crippen LogP contribution is 2.32. The van der Waals surface area contributed by atoms with Crippen molar-refractivity contribution in [3.8, 4) is 0 Å². The summed E-state index contributed by atoms with van der Waals surface area (Å²) in [5.41, 5.74) is 0. The van der Waals surface area contributed by atoms with Gasteiger partial charge in [0.2, 0.25) is 0 Å². The van der Waals surface area contributed by atoms with Gasteiger partial charge < -0.3 is 9.64 Å². The Balaban J connectivity index is 2.69. The molecule has 1 aliphatic heterocycles. The van der Waals surface area contributed by atoms with Gasteiger partial charge in [0.25, 0.3) is 0 Å². The van der Waals surface area contributed by atoms with E-state index in [0.717, 1.165) is 0 Å². The van der Waals surface area contributed by atoms with Crippen molar-refractivity contribution in [2.24, 2.45) is 0 Å². The lowest BCUT2D eigenvalue weighted by molar-refractivity contribution is 0.000665. The summed E-state index contributed by atoms with van der Waals surface area (Å²) in [6, 6.07) is 0. The fourth-order valence-corrected chi connectivity index (χ4v) is 2.00. The molecule has 0 amide bonds. The summed E-state index contributed by atoms with van der Waals surface area (Å²) in [7, 11) is 1.63. The van der Waals surface area contributed by atoms with E-state index in [1.807, 2.05) is 11.8 Å². The summed E-state index contributed by atoms with van der Waals surface area (Å²) in [6.07, 6.45) is 1.66. The van der Waals surface area contributed by atoms with Crippen molar-refractivity contribution < 1.29 is 4.74 Å². The SMILES string of the molecule is COC(C)N1C=C(Cl)N(Cl)C1Br. The molecule has 1 heterocycles. The molecule has 2 unspecified atom stereocenters. The largest absolute Gasteiger partial charge is 0.362 e. The molecular weight excluding hydrogens is 267 g/mol. The lowest BCUT2D eigenvalue weighted by Gasteiger charge is -2.28. The van der Waals surface area contributed by atoms with Crippen molar-refractivity contribution in [3.05, 3.63) is 11.4 Å². The van der Waals surface area contributed by atoms with Gasteiger partial charge in [0.1, 0.15) is 11.4 Å². The molecule has 6 heteroatoms. The Hall–Kier alpha value is 0.360. The van der Waals surface area contributed by atoms with Gasteiger partial charge in [0, 0.05) is 25.1 Å². The van der Waals surface area contributed by atoms with Gasteiger partial charge in [-0.25, -0.2) is 4.42 Å². The number of rotatable bonds is 2. The third-order valence-electron chi connectivity index (χ3n) is 1.65. The molecule has 12 heavy (non-hydrogen) atoms. The fraction of sp³-hybridized carbons (Fsp3) is 0.667. The van der Waals surface area contributed by atoms with Crippen LogP contribution in [-0.4, -0.2) is 27.7 Å². The predicted octanol–water partition coefficient (Wildman–Crippen LogP) is 2.47. The second kappa shape index (κ2) is 4.05. The van der Waals surface area contributed by atoms with Gasteiger partial charge >= 0.3 is 0 Å². The number of hydrogen-bond acceptors (Lipinski definition) is 3. The van der Waals surface area contributed by atoms with Crippen LogP contribution >= 0.6 is 39.3 Å². The molecule has 0 saturated carbocycles. The average Bonchev–Trinajstić information content (AvgIpc) is 2.32. The van der Waals surface area contributed by atoms with E-state index in [1.165, 1.54) is 4.42 Å². The lowest BCUT2D eigenvalue weighted by Crippen LogP contribution is -2.36. The average molecular weight is 276 g/mol. The molecule has 0 bridgehead atoms. The Morgan fingerprint density at radius 1 is 1.75 bits per heavy atom. The molecule has 0 aromatic heterocycles. The van der Waals surface area contributed by atoms with E-state index in [1.54, 1.807) is 13.3 Å². The molecular formula is C6H9BrCl2N2O. The maximum absolute atomic E-state index is 5.80. The summed E-state index contributed by atoms with van der Waals surface area (Å²) in [5.74, 6) is 0. The molecule has 0 aromatic carbocycles. The normalized spacial score (nSPS) is 26.1. The minimum Gasteiger partial charge on any atom is -0.362 e. The molecule has 1 aliphatic rings. The van der Waals surface area contributed by atoms with E-state index in [0.29, 0.717) is 5.16 Å². The van der Waals surface area contributed by atoms with E-state index in [4.69, 9.17) is 28.1 Å². The van der Waals surface area contributed by atoms with Crippen LogP contribution in [0.15, 0.2) is 11.4 Å². The van der Waals surface area contributed by atoms with Crippen molar-refractivity contribution in [1.29, 1.82) is 0 Å². The van der Waals surface area contributed by atoms with Crippen LogP contribution in [0.2, 0.25) is 0 Å². The van der Waals surface area contributed by atoms with Crippen LogP contribution in [0, 0.1) is 0 Å². The molecule has 1 rings (SSSR count). The number of methoxy groups -OCH3 is 1. The predicted molar refractivity (Wildman–Crippen MR) is 52.7 cm³/mol. The van der Waals surface area contributed by atoms with Crippen molar-refractivity contribution in [1.82, 2.24) is 9.32 Å². The van der Waals surface area contributed by atoms with Gasteiger partial charge in [-0.2, -0.15) is 0 Å². The van der Waals surface area contributed by atoms with Crippen LogP contribution in [0.5, 0.6) is 0 Å². The molecule has 0 spiro atoms. The number of ether oxygens (including phenoxy) is 1. The zero-order valence-electron chi connectivity index (χ0n) is 6.67. The Morgan fingerprint density at radius 2 is 2.33 bits per heavy atom. The summed E-state index contributed by atoms with van der Waals surface area (Å²) in [6.45, 7) is 1.91.